The molecule has 0 saturated carbocycles. The first kappa shape index (κ1) is 16.1. The average molecular weight is 325 g/mol. The van der Waals surface area contributed by atoms with Crippen molar-refractivity contribution in [1.82, 2.24) is 15.3 Å². The van der Waals surface area contributed by atoms with Crippen molar-refractivity contribution in [3.63, 3.8) is 0 Å². The Morgan fingerprint density at radius 2 is 2.17 bits per heavy atom. The molecule has 1 aromatic carbocycles. The molecule has 3 rings (SSSR count). The van der Waals surface area contributed by atoms with E-state index in [4.69, 9.17) is 5.21 Å². The third-order valence-corrected chi connectivity index (χ3v) is 4.31. The highest BCUT2D eigenvalue weighted by molar-refractivity contribution is 6.02. The topological polar surface area (TPSA) is 84.2 Å². The first-order chi connectivity index (χ1) is 11.6. The van der Waals surface area contributed by atoms with Gasteiger partial charge < -0.3 is 0 Å². The van der Waals surface area contributed by atoms with Crippen LogP contribution in [0.25, 0.3) is 6.08 Å². The summed E-state index contributed by atoms with van der Waals surface area (Å²) in [6, 6.07) is 7.19. The number of amides is 1. The number of ketones is 1. The zero-order valence-corrected chi connectivity index (χ0v) is 13.4. The van der Waals surface area contributed by atoms with Crippen LogP contribution >= 0.6 is 0 Å². The van der Waals surface area contributed by atoms with E-state index in [1.807, 2.05) is 25.4 Å². The number of benzene rings is 1. The summed E-state index contributed by atoms with van der Waals surface area (Å²) in [7, 11) is 1.89. The van der Waals surface area contributed by atoms with Gasteiger partial charge in [0.2, 0.25) is 0 Å². The summed E-state index contributed by atoms with van der Waals surface area (Å²) in [6.07, 6.45) is 6.99. The third kappa shape index (κ3) is 3.28. The van der Waals surface area contributed by atoms with Gasteiger partial charge in [-0.05, 0) is 36.5 Å². The summed E-state index contributed by atoms with van der Waals surface area (Å²) in [6.45, 7) is 0. The van der Waals surface area contributed by atoms with Gasteiger partial charge in [-0.15, -0.1) is 0 Å². The molecule has 0 spiro atoms. The van der Waals surface area contributed by atoms with Crippen LogP contribution in [0.15, 0.2) is 36.5 Å². The monoisotopic (exact) mass is 325 g/mol. The molecule has 0 bridgehead atoms. The van der Waals surface area contributed by atoms with Crippen molar-refractivity contribution in [2.24, 2.45) is 13.0 Å². The molecule has 0 radical (unpaired) electrons. The van der Waals surface area contributed by atoms with Gasteiger partial charge in [-0.1, -0.05) is 24.3 Å². The summed E-state index contributed by atoms with van der Waals surface area (Å²) in [5.41, 5.74) is 5.02. The zero-order chi connectivity index (χ0) is 17.1. The molecule has 1 unspecified atom stereocenters. The van der Waals surface area contributed by atoms with E-state index in [-0.39, 0.29) is 11.7 Å². The van der Waals surface area contributed by atoms with Crippen LogP contribution in [-0.2, 0) is 24.7 Å². The van der Waals surface area contributed by atoms with Gasteiger partial charge in [0, 0.05) is 30.8 Å². The minimum atomic E-state index is -0.630. The van der Waals surface area contributed by atoms with E-state index in [0.29, 0.717) is 17.5 Å². The molecule has 1 amide bonds. The minimum absolute atomic E-state index is 0.0779. The molecule has 0 saturated heterocycles. The smallest absolute Gasteiger partial charge is 0.267 e. The fraction of sp³-hybridized carbons (Fsp3) is 0.278. The molecule has 1 atom stereocenters. The van der Waals surface area contributed by atoms with E-state index in [2.05, 4.69) is 5.10 Å². The number of hydroxylamine groups is 1. The predicted octanol–water partition coefficient (Wildman–Crippen LogP) is 1.93. The summed E-state index contributed by atoms with van der Waals surface area (Å²) in [5.74, 6) is -0.632. The number of hydrogen-bond donors (Lipinski definition) is 2. The van der Waals surface area contributed by atoms with Crippen LogP contribution in [-0.4, -0.2) is 26.7 Å². The first-order valence-corrected chi connectivity index (χ1v) is 7.85. The lowest BCUT2D eigenvalue weighted by molar-refractivity contribution is -0.124. The molecule has 0 fully saturated rings. The van der Waals surface area contributed by atoms with Gasteiger partial charge in [-0.3, -0.25) is 19.5 Å². The highest BCUT2D eigenvalue weighted by Crippen LogP contribution is 2.28. The van der Waals surface area contributed by atoms with E-state index in [1.54, 1.807) is 22.3 Å². The number of fused-ring (bicyclic) bond motifs is 1. The van der Waals surface area contributed by atoms with Crippen molar-refractivity contribution >= 4 is 17.8 Å². The number of hydrogen-bond acceptors (Lipinski definition) is 4. The fourth-order valence-electron chi connectivity index (χ4n) is 3.16. The van der Waals surface area contributed by atoms with Crippen LogP contribution in [0.1, 0.15) is 33.6 Å². The van der Waals surface area contributed by atoms with Crippen LogP contribution in [0.3, 0.4) is 0 Å². The highest BCUT2D eigenvalue weighted by Gasteiger charge is 2.28. The van der Waals surface area contributed by atoms with E-state index in [9.17, 15) is 9.59 Å². The maximum absolute atomic E-state index is 12.9. The largest absolute Gasteiger partial charge is 0.294 e. The standard InChI is InChI=1S/C18H19N3O3/c1-21-11-14-10-13(6-8-16(14)19-21)18(23)15-5-3-2-4-12(15)7-9-17(22)20-24/h2-5,7,9,11,13,24H,6,8,10H2,1H3,(H,20,22)/b9-7+. The molecule has 1 aliphatic rings. The summed E-state index contributed by atoms with van der Waals surface area (Å²) < 4.78 is 1.79. The van der Waals surface area contributed by atoms with E-state index in [1.165, 1.54) is 12.2 Å². The second kappa shape index (κ2) is 6.80. The lowest BCUT2D eigenvalue weighted by atomic mass is 9.82. The molecule has 6 heteroatoms. The molecule has 6 nitrogen and oxygen atoms in total. The molecule has 1 aliphatic carbocycles. The maximum atomic E-state index is 12.9. The van der Waals surface area contributed by atoms with Gasteiger partial charge in [0.1, 0.15) is 0 Å². The average Bonchev–Trinajstić information content (AvgIpc) is 2.98. The van der Waals surface area contributed by atoms with Gasteiger partial charge in [-0.2, -0.15) is 5.10 Å². The lowest BCUT2D eigenvalue weighted by Crippen LogP contribution is -2.23. The Morgan fingerprint density at radius 1 is 1.38 bits per heavy atom. The minimum Gasteiger partial charge on any atom is -0.294 e. The highest BCUT2D eigenvalue weighted by atomic mass is 16.5. The van der Waals surface area contributed by atoms with Crippen LogP contribution < -0.4 is 5.48 Å². The molecule has 2 aromatic rings. The number of Topliss-reactive ketones (excluding diaryl/α,β-unsaturated/α-hetero) is 1. The molecule has 1 aromatic heterocycles. The molecule has 2 N–H and O–H groups in total. The van der Waals surface area contributed by atoms with E-state index < -0.39 is 5.91 Å². The zero-order valence-electron chi connectivity index (χ0n) is 13.4. The number of aromatic nitrogens is 2. The van der Waals surface area contributed by atoms with Gasteiger partial charge in [-0.25, -0.2) is 5.48 Å². The van der Waals surface area contributed by atoms with Crippen LogP contribution in [0.5, 0.6) is 0 Å². The SMILES string of the molecule is Cn1cc2c(n1)CCC(C(=O)c1ccccc1/C=C/C(=O)NO)C2. The quantitative estimate of drug-likeness (QED) is 0.389. The molecule has 24 heavy (non-hydrogen) atoms. The van der Waals surface area contributed by atoms with Crippen molar-refractivity contribution in [2.45, 2.75) is 19.3 Å². The predicted molar refractivity (Wildman–Crippen MR) is 88.5 cm³/mol. The normalized spacial score (nSPS) is 16.8. The molecule has 0 aliphatic heterocycles. The van der Waals surface area contributed by atoms with Crippen molar-refractivity contribution in [3.05, 3.63) is 58.9 Å². The second-order valence-corrected chi connectivity index (χ2v) is 5.98. The Bertz CT molecular complexity index is 808. The molecular formula is C18H19N3O3. The molecule has 1 heterocycles. The molecular weight excluding hydrogens is 306 g/mol. The van der Waals surface area contributed by atoms with Crippen molar-refractivity contribution in [3.8, 4) is 0 Å². The number of nitrogens with zero attached hydrogens (tertiary/aromatic N) is 2. The van der Waals surface area contributed by atoms with Gasteiger partial charge >= 0.3 is 0 Å². The summed E-state index contributed by atoms with van der Waals surface area (Å²) in [4.78, 5) is 24.1. The lowest BCUT2D eigenvalue weighted by Gasteiger charge is -2.20. The van der Waals surface area contributed by atoms with E-state index >= 15 is 0 Å². The Kier molecular flexibility index (Phi) is 4.57. The first-order valence-electron chi connectivity index (χ1n) is 7.85. The van der Waals surface area contributed by atoms with Gasteiger partial charge in [0.15, 0.2) is 5.78 Å². The van der Waals surface area contributed by atoms with Crippen molar-refractivity contribution in [1.29, 1.82) is 0 Å². The van der Waals surface area contributed by atoms with Crippen LogP contribution in [0.2, 0.25) is 0 Å². The number of nitrogens with one attached hydrogen (secondary N) is 1. The van der Waals surface area contributed by atoms with E-state index in [0.717, 1.165) is 24.1 Å². The number of rotatable bonds is 4. The number of carbonyl (C=O) groups is 2. The maximum Gasteiger partial charge on any atom is 0.267 e. The number of carbonyl (C=O) groups excluding carboxylic acids is 2. The Morgan fingerprint density at radius 3 is 2.96 bits per heavy atom. The number of aryl methyl sites for hydroxylation is 2. The van der Waals surface area contributed by atoms with Gasteiger partial charge in [0.05, 0.1) is 5.69 Å². The third-order valence-electron chi connectivity index (χ3n) is 4.31. The van der Waals surface area contributed by atoms with Crippen LogP contribution in [0.4, 0.5) is 0 Å². The van der Waals surface area contributed by atoms with Crippen molar-refractivity contribution in [2.75, 3.05) is 0 Å². The van der Waals surface area contributed by atoms with Crippen molar-refractivity contribution < 1.29 is 14.8 Å². The summed E-state index contributed by atoms with van der Waals surface area (Å²) in [5, 5.41) is 13.0. The van der Waals surface area contributed by atoms with Gasteiger partial charge in [0.25, 0.3) is 5.91 Å². The fourth-order valence-corrected chi connectivity index (χ4v) is 3.16. The Hall–Kier alpha value is -2.73. The Labute approximate surface area is 139 Å². The molecule has 124 valence electrons. The second-order valence-electron chi connectivity index (χ2n) is 5.98. The Balaban J connectivity index is 1.83. The summed E-state index contributed by atoms with van der Waals surface area (Å²) >= 11 is 0. The van der Waals surface area contributed by atoms with Crippen LogP contribution in [0, 0.1) is 5.92 Å².